The molecule has 0 spiro atoms. The number of hydrogen-bond donors (Lipinski definition) is 1. The third kappa shape index (κ3) is 47.0. The Morgan fingerprint density at radius 3 is 1.24 bits per heavy atom. The number of ether oxygens (including phenoxy) is 12. The molecule has 0 aromatic carbocycles. The van der Waals surface area contributed by atoms with Crippen molar-refractivity contribution in [1.82, 2.24) is 5.32 Å². The maximum atomic E-state index is 12.5. The molecular weight excluding hydrogens is 1220 g/mol. The van der Waals surface area contributed by atoms with Crippen molar-refractivity contribution < 1.29 is 174 Å². The first-order chi connectivity index (χ1) is 41.0. The van der Waals surface area contributed by atoms with Crippen molar-refractivity contribution in [3.8, 4) is 0 Å². The average molecular weight is 1320 g/mol. The largest absolute Gasteiger partial charge is 1.00 e. The quantitative estimate of drug-likeness (QED) is 0.0174. The van der Waals surface area contributed by atoms with Crippen molar-refractivity contribution in [3.63, 3.8) is 0 Å². The first-order valence-corrected chi connectivity index (χ1v) is 29.6. The van der Waals surface area contributed by atoms with Crippen LogP contribution in [0.15, 0.2) is 75.9 Å². The molecule has 0 aromatic rings. The van der Waals surface area contributed by atoms with Crippen LogP contribution in [0.5, 0.6) is 0 Å². The van der Waals surface area contributed by atoms with E-state index < -0.39 is 110 Å². The summed E-state index contributed by atoms with van der Waals surface area (Å²) in [4.78, 5) is 117. The second-order valence-corrected chi connectivity index (χ2v) is 23.3. The van der Waals surface area contributed by atoms with Gasteiger partial charge in [-0.1, -0.05) is 101 Å². The molecule has 0 aromatic heterocycles. The van der Waals surface area contributed by atoms with Gasteiger partial charge in [0.2, 0.25) is 0 Å². The predicted molar refractivity (Wildman–Crippen MR) is 316 cm³/mol. The number of carbonyl (C=O) groups is 10. The zero-order valence-corrected chi connectivity index (χ0v) is 57.9. The molecule has 89 heavy (non-hydrogen) atoms. The Morgan fingerprint density at radius 2 is 0.876 bits per heavy atom. The van der Waals surface area contributed by atoms with E-state index >= 15 is 0 Å². The molecule has 0 heterocycles. The molecule has 0 rings (SSSR count). The molecule has 4 atom stereocenters. The molecule has 0 fully saturated rings. The third-order valence-corrected chi connectivity index (χ3v) is 13.0. The van der Waals surface area contributed by atoms with Crippen LogP contribution in [0.4, 0.5) is 4.79 Å². The Balaban J connectivity index is -0.000000608. The Hall–Kier alpha value is -5.63. The van der Waals surface area contributed by atoms with Gasteiger partial charge in [-0.15, -0.1) is 0 Å². The van der Waals surface area contributed by atoms with Gasteiger partial charge < -0.3 is 71.8 Å². The van der Waals surface area contributed by atoms with Crippen LogP contribution >= 0.6 is 0 Å². The zero-order valence-electron chi connectivity index (χ0n) is 54.0. The summed E-state index contributed by atoms with van der Waals surface area (Å²) >= 11 is 0. The van der Waals surface area contributed by atoms with E-state index in [1.807, 2.05) is 20.8 Å². The van der Waals surface area contributed by atoms with Crippen LogP contribution in [0.25, 0.3) is 0 Å². The SMILES string of the molecule is C=CC(=O)OCC(C)(COC(=O)C=C)CC(=O)OC(C)COC(=O)C(C)(C)CC.C=CC(=O)OCC(C)(COC(=O)C=C)CC(=O)OC(COCC(C)CC)CS(=O)(=O)O[O-].C=CC(=O)OCC(C)(COC(=O)C=C)NC(=O)OCCCOCC(C)CC.[K+]. The van der Waals surface area contributed by atoms with Gasteiger partial charge in [0, 0.05) is 73.5 Å². The van der Waals surface area contributed by atoms with Crippen LogP contribution in [-0.4, -0.2) is 171 Å². The Kier molecular flexibility index (Phi) is 49.6. The second kappa shape index (κ2) is 49.1. The fourth-order valence-electron chi connectivity index (χ4n) is 5.86. The second-order valence-electron chi connectivity index (χ2n) is 21.7. The molecule has 502 valence electrons. The molecule has 0 aliphatic rings. The Bertz CT molecular complexity index is 2320. The van der Waals surface area contributed by atoms with Crippen LogP contribution in [-0.2, 0) is 114 Å². The number of carbonyl (C=O) groups excluding carboxylic acids is 10. The van der Waals surface area contributed by atoms with Gasteiger partial charge in [0.1, 0.15) is 69.7 Å². The maximum absolute atomic E-state index is 12.5. The first kappa shape index (κ1) is 89.8. The molecule has 0 saturated heterocycles. The van der Waals surface area contributed by atoms with Crippen molar-refractivity contribution >= 4 is 69.9 Å². The van der Waals surface area contributed by atoms with E-state index in [4.69, 9.17) is 56.8 Å². The molecule has 0 aliphatic heterocycles. The summed E-state index contributed by atoms with van der Waals surface area (Å²) in [6.07, 6.45) is 5.53. The van der Waals surface area contributed by atoms with Crippen LogP contribution in [0, 0.1) is 28.1 Å². The molecular formula is C60H94KNO26S. The topological polar surface area (TPSA) is 360 Å². The van der Waals surface area contributed by atoms with Crippen molar-refractivity contribution in [2.75, 3.05) is 85.0 Å². The maximum Gasteiger partial charge on any atom is 1.00 e. The monoisotopic (exact) mass is 1320 g/mol. The smallest absolute Gasteiger partial charge is 0.707 e. The van der Waals surface area contributed by atoms with Gasteiger partial charge in [-0.25, -0.2) is 33.6 Å². The summed E-state index contributed by atoms with van der Waals surface area (Å²) in [5.41, 5.74) is -4.01. The fourth-order valence-corrected chi connectivity index (χ4v) is 6.53. The van der Waals surface area contributed by atoms with Crippen LogP contribution in [0.2, 0.25) is 0 Å². The van der Waals surface area contributed by atoms with Crippen molar-refractivity contribution in [1.29, 1.82) is 0 Å². The van der Waals surface area contributed by atoms with Gasteiger partial charge in [0.05, 0.1) is 31.5 Å². The number of amides is 1. The van der Waals surface area contributed by atoms with Gasteiger partial charge in [0.15, 0.2) is 0 Å². The summed E-state index contributed by atoms with van der Waals surface area (Å²) in [6, 6.07) is 0. The van der Waals surface area contributed by atoms with Crippen molar-refractivity contribution in [3.05, 3.63) is 75.9 Å². The summed E-state index contributed by atoms with van der Waals surface area (Å²) in [5, 5.41) is 12.9. The van der Waals surface area contributed by atoms with Gasteiger partial charge >= 0.3 is 111 Å². The van der Waals surface area contributed by atoms with E-state index in [0.717, 1.165) is 49.3 Å². The zero-order chi connectivity index (χ0) is 68.2. The molecule has 4 unspecified atom stereocenters. The number of alkyl carbamates (subject to hydrolysis) is 1. The fraction of sp³-hybridized carbons (Fsp3) is 0.633. The summed E-state index contributed by atoms with van der Waals surface area (Å²) in [5.74, 6) is -6.29. The molecule has 1 N–H and O–H groups in total. The van der Waals surface area contributed by atoms with E-state index in [-0.39, 0.29) is 136 Å². The molecule has 27 nitrogen and oxygen atoms in total. The molecule has 0 saturated carbocycles. The molecule has 0 radical (unpaired) electrons. The predicted octanol–water partition coefficient (Wildman–Crippen LogP) is 2.58. The molecule has 29 heteroatoms. The first-order valence-electron chi connectivity index (χ1n) is 28.0. The molecule has 0 aliphatic carbocycles. The number of hydrogen-bond acceptors (Lipinski definition) is 26. The standard InChI is InChI=1S/C21H32O8.C20H32O11S.C19H31NO7.K/c1-8-16(22)27-13-21(7,14-28-17(23)9-2)11-18(24)29-15(4)12-26-19(25)20(5,6)10-3;1-6-15(4)10-27-11-16(12-32(25,26)31-24)30-19(23)9-20(5,13-28-17(21)7-2)14-29-18(22)8-3;1-6-15(4)12-24-10-9-11-25-18(23)20-19(5,13-26-16(21)7-2)14-27-17(22)8-3;/h8-9,15H,1-2,10-14H2,3-7H3;7-8,15-16,24H,2-3,6,9-14H2,1,4-5H3;7-8,15H,2-3,6,9-14H2,1,4-5H3,(H,20,23);/q;;;+1/p-1. The molecule has 0 bridgehead atoms. The number of esters is 9. The van der Waals surface area contributed by atoms with E-state index in [9.17, 15) is 61.6 Å². The van der Waals surface area contributed by atoms with Crippen LogP contribution < -0.4 is 62.0 Å². The minimum absolute atomic E-state index is 0. The van der Waals surface area contributed by atoms with Crippen LogP contribution in [0.1, 0.15) is 115 Å². The minimum Gasteiger partial charge on any atom is -0.707 e. The van der Waals surface area contributed by atoms with Gasteiger partial charge in [-0.2, -0.15) is 8.42 Å². The van der Waals surface area contributed by atoms with Gasteiger partial charge in [-0.05, 0) is 46.0 Å². The van der Waals surface area contributed by atoms with E-state index in [0.29, 0.717) is 32.0 Å². The molecule has 1 amide bonds. The average Bonchev–Trinajstić information content (AvgIpc) is 3.69. The van der Waals surface area contributed by atoms with E-state index in [2.05, 4.69) is 63.0 Å². The normalized spacial score (nSPS) is 12.4. The Labute approximate surface area is 566 Å². The van der Waals surface area contributed by atoms with E-state index in [1.165, 1.54) is 6.92 Å². The Morgan fingerprint density at radius 1 is 0.506 bits per heavy atom. The van der Waals surface area contributed by atoms with Crippen LogP contribution in [0.3, 0.4) is 0 Å². The summed E-state index contributed by atoms with van der Waals surface area (Å²) < 4.78 is 87.7. The van der Waals surface area contributed by atoms with E-state index in [1.54, 1.807) is 34.6 Å². The number of rotatable bonds is 44. The summed E-state index contributed by atoms with van der Waals surface area (Å²) in [7, 11) is -4.49. The third-order valence-electron chi connectivity index (χ3n) is 12.0. The van der Waals surface area contributed by atoms with Crippen molar-refractivity contribution in [2.24, 2.45) is 28.1 Å². The number of nitrogens with one attached hydrogen (secondary N) is 1. The minimum atomic E-state index is -4.49. The van der Waals surface area contributed by atoms with Crippen molar-refractivity contribution in [2.45, 2.75) is 132 Å². The summed E-state index contributed by atoms with van der Waals surface area (Å²) in [6.45, 7) is 39.2. The van der Waals surface area contributed by atoms with Gasteiger partial charge in [-0.3, -0.25) is 14.4 Å². The van der Waals surface area contributed by atoms with Gasteiger partial charge in [0.25, 0.3) is 10.1 Å².